The van der Waals surface area contributed by atoms with E-state index in [9.17, 15) is 14.9 Å². The first kappa shape index (κ1) is 13.5. The molecule has 0 bridgehead atoms. The molecule has 0 N–H and O–H groups in total. The Kier molecular flexibility index (Phi) is 3.80. The molecule has 0 aromatic heterocycles. The van der Waals surface area contributed by atoms with Crippen molar-refractivity contribution in [3.63, 3.8) is 0 Å². The van der Waals surface area contributed by atoms with E-state index in [1.807, 2.05) is 6.92 Å². The molecule has 0 spiro atoms. The second-order valence-corrected chi connectivity index (χ2v) is 4.39. The molecule has 0 fully saturated rings. The third kappa shape index (κ3) is 2.58. The van der Waals surface area contributed by atoms with Gasteiger partial charge in [0, 0.05) is 30.8 Å². The fourth-order valence-corrected chi connectivity index (χ4v) is 2.33. The lowest BCUT2D eigenvalue weighted by Gasteiger charge is -2.33. The number of rotatable bonds is 4. The Hall–Kier alpha value is -1.95. The summed E-state index contributed by atoms with van der Waals surface area (Å²) in [5, 5.41) is 10.8. The van der Waals surface area contributed by atoms with Gasteiger partial charge in [-0.15, -0.1) is 0 Å². The predicted octanol–water partition coefficient (Wildman–Crippen LogP) is 2.26. The van der Waals surface area contributed by atoms with E-state index in [-0.39, 0.29) is 17.8 Å². The molecule has 0 saturated heterocycles. The molecule has 102 valence electrons. The second kappa shape index (κ2) is 5.36. The normalized spacial score (nSPS) is 16.1. The van der Waals surface area contributed by atoms with Crippen molar-refractivity contribution in [2.24, 2.45) is 0 Å². The van der Waals surface area contributed by atoms with Gasteiger partial charge in [0.2, 0.25) is 5.91 Å². The molecule has 1 aliphatic rings. The van der Waals surface area contributed by atoms with Gasteiger partial charge in [-0.1, -0.05) is 0 Å². The number of non-ortho nitro benzene ring substituents is 1. The molecule has 6 heteroatoms. The van der Waals surface area contributed by atoms with Crippen molar-refractivity contribution in [1.82, 2.24) is 0 Å². The minimum absolute atomic E-state index is 0.0118. The standard InChI is InChI=1S/C13H16N2O4/c1-3-19-9(2)14-12-6-5-11(15(17)18)8-10(12)4-7-13(14)16/h5-6,8-9H,3-4,7H2,1-2H3. The van der Waals surface area contributed by atoms with Crippen molar-refractivity contribution in [2.45, 2.75) is 32.9 Å². The maximum atomic E-state index is 12.0. The summed E-state index contributed by atoms with van der Waals surface area (Å²) in [6.45, 7) is 4.17. The number of amides is 1. The van der Waals surface area contributed by atoms with Crippen LogP contribution in [0.3, 0.4) is 0 Å². The van der Waals surface area contributed by atoms with E-state index in [1.54, 1.807) is 17.9 Å². The van der Waals surface area contributed by atoms with Crippen molar-refractivity contribution in [3.8, 4) is 0 Å². The molecule has 0 radical (unpaired) electrons. The van der Waals surface area contributed by atoms with Crippen LogP contribution < -0.4 is 4.90 Å². The summed E-state index contributed by atoms with van der Waals surface area (Å²) in [6, 6.07) is 4.58. The van der Waals surface area contributed by atoms with Crippen LogP contribution in [0.15, 0.2) is 18.2 Å². The molecule has 1 amide bonds. The lowest BCUT2D eigenvalue weighted by Crippen LogP contribution is -2.43. The number of hydrogen-bond acceptors (Lipinski definition) is 4. The van der Waals surface area contributed by atoms with Gasteiger partial charge in [-0.05, 0) is 31.9 Å². The average molecular weight is 264 g/mol. The predicted molar refractivity (Wildman–Crippen MR) is 70.0 cm³/mol. The van der Waals surface area contributed by atoms with Crippen molar-refractivity contribution >= 4 is 17.3 Å². The molecule has 2 rings (SSSR count). The summed E-state index contributed by atoms with van der Waals surface area (Å²) >= 11 is 0. The van der Waals surface area contributed by atoms with E-state index in [4.69, 9.17) is 4.74 Å². The van der Waals surface area contributed by atoms with Gasteiger partial charge in [-0.3, -0.25) is 19.8 Å². The van der Waals surface area contributed by atoms with Gasteiger partial charge in [0.25, 0.3) is 5.69 Å². The zero-order valence-corrected chi connectivity index (χ0v) is 11.0. The van der Waals surface area contributed by atoms with E-state index in [0.29, 0.717) is 25.1 Å². The van der Waals surface area contributed by atoms with Crippen LogP contribution in [-0.4, -0.2) is 23.7 Å². The Morgan fingerprint density at radius 2 is 2.21 bits per heavy atom. The van der Waals surface area contributed by atoms with Crippen molar-refractivity contribution in [3.05, 3.63) is 33.9 Å². The highest BCUT2D eigenvalue weighted by Gasteiger charge is 2.29. The van der Waals surface area contributed by atoms with Crippen LogP contribution in [0, 0.1) is 10.1 Å². The number of anilines is 1. The van der Waals surface area contributed by atoms with Gasteiger partial charge in [0.15, 0.2) is 0 Å². The maximum Gasteiger partial charge on any atom is 0.269 e. The van der Waals surface area contributed by atoms with Gasteiger partial charge in [0.1, 0.15) is 6.23 Å². The lowest BCUT2D eigenvalue weighted by molar-refractivity contribution is -0.384. The number of carbonyl (C=O) groups is 1. The smallest absolute Gasteiger partial charge is 0.269 e. The van der Waals surface area contributed by atoms with Crippen LogP contribution in [-0.2, 0) is 16.0 Å². The topological polar surface area (TPSA) is 72.7 Å². The van der Waals surface area contributed by atoms with Crippen molar-refractivity contribution in [2.75, 3.05) is 11.5 Å². The van der Waals surface area contributed by atoms with Crippen LogP contribution in [0.2, 0.25) is 0 Å². The quantitative estimate of drug-likeness (QED) is 0.617. The van der Waals surface area contributed by atoms with Gasteiger partial charge in [-0.2, -0.15) is 0 Å². The van der Waals surface area contributed by atoms with Crippen LogP contribution in [0.4, 0.5) is 11.4 Å². The molecule has 1 aromatic carbocycles. The van der Waals surface area contributed by atoms with E-state index in [1.165, 1.54) is 12.1 Å². The summed E-state index contributed by atoms with van der Waals surface area (Å²) in [5.74, 6) is -0.0118. The Labute approximate surface area is 111 Å². The Morgan fingerprint density at radius 3 is 2.84 bits per heavy atom. The van der Waals surface area contributed by atoms with Crippen LogP contribution in [0.25, 0.3) is 0 Å². The Morgan fingerprint density at radius 1 is 1.47 bits per heavy atom. The summed E-state index contributed by atoms with van der Waals surface area (Å²) in [7, 11) is 0. The fourth-order valence-electron chi connectivity index (χ4n) is 2.33. The summed E-state index contributed by atoms with van der Waals surface area (Å²) in [6.07, 6.45) is 0.523. The average Bonchev–Trinajstić information content (AvgIpc) is 2.38. The van der Waals surface area contributed by atoms with Crippen LogP contribution >= 0.6 is 0 Å². The van der Waals surface area contributed by atoms with Gasteiger partial charge in [0.05, 0.1) is 4.92 Å². The lowest BCUT2D eigenvalue weighted by atomic mass is 10.0. The maximum absolute atomic E-state index is 12.0. The number of carbonyl (C=O) groups excluding carboxylic acids is 1. The SMILES string of the molecule is CCOC(C)N1C(=O)CCc2cc([N+](=O)[O-])ccc21. The third-order valence-electron chi connectivity index (χ3n) is 3.18. The Balaban J connectivity index is 2.39. The molecule has 0 saturated carbocycles. The molecule has 1 atom stereocenters. The third-order valence-corrected chi connectivity index (χ3v) is 3.18. The van der Waals surface area contributed by atoms with E-state index < -0.39 is 4.92 Å². The highest BCUT2D eigenvalue weighted by atomic mass is 16.6. The number of ether oxygens (including phenoxy) is 1. The first-order valence-corrected chi connectivity index (χ1v) is 6.25. The number of fused-ring (bicyclic) bond motifs is 1. The Bertz CT molecular complexity index is 515. The molecule has 1 aliphatic heterocycles. The van der Waals surface area contributed by atoms with Gasteiger partial charge < -0.3 is 4.74 Å². The molecular formula is C13H16N2O4. The van der Waals surface area contributed by atoms with Crippen molar-refractivity contribution in [1.29, 1.82) is 0 Å². The highest BCUT2D eigenvalue weighted by Crippen LogP contribution is 2.32. The number of nitro benzene ring substituents is 1. The first-order valence-electron chi connectivity index (χ1n) is 6.25. The summed E-state index contributed by atoms with van der Waals surface area (Å²) < 4.78 is 5.46. The summed E-state index contributed by atoms with van der Waals surface area (Å²) in [5.41, 5.74) is 1.58. The number of nitro groups is 1. The molecule has 0 aliphatic carbocycles. The minimum Gasteiger partial charge on any atom is -0.359 e. The molecule has 6 nitrogen and oxygen atoms in total. The second-order valence-electron chi connectivity index (χ2n) is 4.39. The molecule has 1 heterocycles. The zero-order chi connectivity index (χ0) is 14.0. The molecular weight excluding hydrogens is 248 g/mol. The van der Waals surface area contributed by atoms with E-state index >= 15 is 0 Å². The van der Waals surface area contributed by atoms with E-state index in [2.05, 4.69) is 0 Å². The fraction of sp³-hybridized carbons (Fsp3) is 0.462. The van der Waals surface area contributed by atoms with Gasteiger partial charge in [-0.25, -0.2) is 0 Å². The molecule has 19 heavy (non-hydrogen) atoms. The monoisotopic (exact) mass is 264 g/mol. The number of benzene rings is 1. The van der Waals surface area contributed by atoms with Crippen LogP contribution in [0.5, 0.6) is 0 Å². The number of hydrogen-bond donors (Lipinski definition) is 0. The molecule has 1 aromatic rings. The van der Waals surface area contributed by atoms with E-state index in [0.717, 1.165) is 5.56 Å². The summed E-state index contributed by atoms with van der Waals surface area (Å²) in [4.78, 5) is 23.9. The first-order chi connectivity index (χ1) is 9.04. The number of aryl methyl sites for hydroxylation is 1. The van der Waals surface area contributed by atoms with Crippen molar-refractivity contribution < 1.29 is 14.5 Å². The van der Waals surface area contributed by atoms with Crippen LogP contribution in [0.1, 0.15) is 25.8 Å². The largest absolute Gasteiger partial charge is 0.359 e. The highest BCUT2D eigenvalue weighted by molar-refractivity contribution is 5.96. The zero-order valence-electron chi connectivity index (χ0n) is 11.0. The number of nitrogens with zero attached hydrogens (tertiary/aromatic N) is 2. The molecule has 1 unspecified atom stereocenters. The van der Waals surface area contributed by atoms with Gasteiger partial charge >= 0.3 is 0 Å². The minimum atomic E-state index is -0.424.